The minimum Gasteiger partial charge on any atom is -0.507 e. The average Bonchev–Trinajstić information content (AvgIpc) is 3.11. The maximum atomic E-state index is 13.1. The van der Waals surface area contributed by atoms with Gasteiger partial charge in [0, 0.05) is 33.7 Å². The van der Waals surface area contributed by atoms with Gasteiger partial charge in [-0.05, 0) is 36.2 Å². The van der Waals surface area contributed by atoms with Crippen molar-refractivity contribution < 1.29 is 65.8 Å². The van der Waals surface area contributed by atoms with Gasteiger partial charge in [0.2, 0.25) is 5.78 Å². The first-order valence-corrected chi connectivity index (χ1v) is 10.1. The monoisotopic (exact) mass is 437 g/mol. The van der Waals surface area contributed by atoms with Gasteiger partial charge in [0.05, 0.1) is 5.56 Å². The van der Waals surface area contributed by atoms with Crippen LogP contribution in [0.3, 0.4) is 0 Å². The first kappa shape index (κ1) is 21.1. The maximum absolute atomic E-state index is 13.1. The van der Waals surface area contributed by atoms with Crippen LogP contribution >= 0.6 is 0 Å². The van der Waals surface area contributed by atoms with Crippen molar-refractivity contribution in [2.45, 2.75) is 25.2 Å². The van der Waals surface area contributed by atoms with Crippen LogP contribution < -0.4 is 33.7 Å². The Hall–Kier alpha value is -2.17. The third kappa shape index (κ3) is 2.84. The number of rotatable bonds is 2. The van der Waals surface area contributed by atoms with E-state index < -0.39 is 21.6 Å². The van der Waals surface area contributed by atoms with Crippen LogP contribution in [0.5, 0.6) is 11.5 Å². The Bertz CT molecular complexity index is 1370. The Balaban J connectivity index is 0.00000218. The Morgan fingerprint density at radius 2 is 1.87 bits per heavy atom. The fourth-order valence-corrected chi connectivity index (χ4v) is 4.85. The molecule has 148 valence electrons. The minimum atomic E-state index is -4.80. The van der Waals surface area contributed by atoms with Crippen molar-refractivity contribution in [2.75, 3.05) is 0 Å². The normalized spacial score (nSPS) is 19.8. The van der Waals surface area contributed by atoms with Crippen molar-refractivity contribution in [1.29, 1.82) is 0 Å². The Morgan fingerprint density at radius 1 is 1.13 bits per heavy atom. The molecule has 0 saturated carbocycles. The summed E-state index contributed by atoms with van der Waals surface area (Å²) < 4.78 is 41.7. The molecule has 0 unspecified atom stereocenters. The molecule has 1 atom stereocenters. The van der Waals surface area contributed by atoms with Gasteiger partial charge in [0.1, 0.15) is 12.0 Å². The summed E-state index contributed by atoms with van der Waals surface area (Å²) in [6, 6.07) is 5.44. The van der Waals surface area contributed by atoms with E-state index in [1.165, 1.54) is 24.5 Å². The van der Waals surface area contributed by atoms with E-state index in [2.05, 4.69) is 4.18 Å². The number of fused-ring (bicyclic) bond motifs is 3. The van der Waals surface area contributed by atoms with E-state index in [4.69, 9.17) is 8.97 Å². The largest absolute Gasteiger partial charge is 1.00 e. The predicted octanol–water partition coefficient (Wildman–Crippen LogP) is 0.151. The molecule has 10 heteroatoms. The van der Waals surface area contributed by atoms with E-state index >= 15 is 0 Å². The second-order valence-corrected chi connectivity index (χ2v) is 8.50. The van der Waals surface area contributed by atoms with Gasteiger partial charge in [-0.2, -0.15) is 8.42 Å². The molecular weight excluding hydrogens is 423 g/mol. The molecule has 3 aromatic rings. The van der Waals surface area contributed by atoms with Crippen LogP contribution in [-0.2, 0) is 15.8 Å². The number of benzene rings is 2. The van der Waals surface area contributed by atoms with E-state index in [1.807, 2.05) is 6.92 Å². The molecule has 8 nitrogen and oxygen atoms in total. The summed E-state index contributed by atoms with van der Waals surface area (Å²) in [6.45, 7) is 1.89. The van der Waals surface area contributed by atoms with Gasteiger partial charge in [-0.25, -0.2) is 0 Å². The van der Waals surface area contributed by atoms with Crippen molar-refractivity contribution in [3.63, 3.8) is 0 Å². The molecular formula is C20H14NaO8S+. The average molecular weight is 437 g/mol. The fourth-order valence-electron chi connectivity index (χ4n) is 4.47. The number of phenolic OH excluding ortho intramolecular Hbond substituents is 1. The zero-order valence-corrected chi connectivity index (χ0v) is 18.9. The number of phenols is 1. The summed E-state index contributed by atoms with van der Waals surface area (Å²) >= 11 is 0. The molecule has 30 heavy (non-hydrogen) atoms. The molecule has 2 aliphatic rings. The van der Waals surface area contributed by atoms with Crippen LogP contribution in [0, 0.1) is 0 Å². The van der Waals surface area contributed by atoms with Gasteiger partial charge >= 0.3 is 40.0 Å². The van der Waals surface area contributed by atoms with Crippen molar-refractivity contribution in [3.05, 3.63) is 58.5 Å². The molecule has 0 spiro atoms. The SMILES string of the molecule is C[C@]12CCC(=O)c3coc(c31)C(=O)c1cc3c(O)ccc(OS(=O)(=O)O)c3cc12.[Na+]. The van der Waals surface area contributed by atoms with Crippen LogP contribution in [-0.4, -0.2) is 29.6 Å². The van der Waals surface area contributed by atoms with Crippen LogP contribution in [0.25, 0.3) is 10.8 Å². The van der Waals surface area contributed by atoms with E-state index in [-0.39, 0.29) is 69.8 Å². The van der Waals surface area contributed by atoms with E-state index in [0.29, 0.717) is 28.7 Å². The standard InChI is InChI=1S/C20H14O8S.Na/c1-20-5-4-15(22)12-8-27-19(17(12)20)18(23)11-6-9-10(7-13(11)20)16(3-2-14(9)21)28-29(24,25)26;/h2-3,6-8,21H,4-5H2,1H3,(H,24,25,26);/q;+1/t20-;/m1./s1. The number of furan rings is 1. The Labute approximate surface area is 193 Å². The third-order valence-electron chi connectivity index (χ3n) is 5.83. The van der Waals surface area contributed by atoms with Gasteiger partial charge in [0.25, 0.3) is 0 Å². The zero-order valence-electron chi connectivity index (χ0n) is 16.1. The second kappa shape index (κ2) is 6.66. The van der Waals surface area contributed by atoms with Crippen molar-refractivity contribution in [1.82, 2.24) is 0 Å². The topological polar surface area (TPSA) is 131 Å². The van der Waals surface area contributed by atoms with Crippen LogP contribution in [0.2, 0.25) is 0 Å². The molecule has 0 aliphatic heterocycles. The summed E-state index contributed by atoms with van der Waals surface area (Å²) in [4.78, 5) is 25.4. The Morgan fingerprint density at radius 3 is 2.57 bits per heavy atom. The molecule has 2 aliphatic carbocycles. The van der Waals surface area contributed by atoms with Crippen molar-refractivity contribution in [2.24, 2.45) is 0 Å². The summed E-state index contributed by atoms with van der Waals surface area (Å²) in [5.74, 6) is -0.793. The third-order valence-corrected chi connectivity index (χ3v) is 6.22. The molecule has 2 aromatic carbocycles. The number of hydrogen-bond acceptors (Lipinski definition) is 7. The molecule has 5 rings (SSSR count). The van der Waals surface area contributed by atoms with E-state index in [0.717, 1.165) is 0 Å². The molecule has 0 amide bonds. The fraction of sp³-hybridized carbons (Fsp3) is 0.200. The number of Topliss-reactive ketones (excluding diaryl/α,β-unsaturated/α-hetero) is 1. The van der Waals surface area contributed by atoms with Crippen molar-refractivity contribution in [3.8, 4) is 11.5 Å². The number of aromatic hydroxyl groups is 1. The first-order chi connectivity index (χ1) is 13.6. The maximum Gasteiger partial charge on any atom is 1.00 e. The quantitative estimate of drug-likeness (QED) is 0.428. The number of ketones is 2. The van der Waals surface area contributed by atoms with Gasteiger partial charge in [0.15, 0.2) is 17.3 Å². The predicted molar refractivity (Wildman–Crippen MR) is 99.9 cm³/mol. The number of carbonyl (C=O) groups is 2. The van der Waals surface area contributed by atoms with E-state index in [1.54, 1.807) is 6.07 Å². The molecule has 2 N–H and O–H groups in total. The summed E-state index contributed by atoms with van der Waals surface area (Å²) in [6.07, 6.45) is 2.01. The zero-order chi connectivity index (χ0) is 20.7. The second-order valence-electron chi connectivity index (χ2n) is 7.48. The van der Waals surface area contributed by atoms with Crippen LogP contribution in [0.15, 0.2) is 34.9 Å². The molecule has 1 aromatic heterocycles. The van der Waals surface area contributed by atoms with Crippen LogP contribution in [0.1, 0.15) is 57.4 Å². The summed E-state index contributed by atoms with van der Waals surface area (Å²) in [7, 11) is -4.80. The smallest absolute Gasteiger partial charge is 0.507 e. The number of hydrogen-bond donors (Lipinski definition) is 2. The van der Waals surface area contributed by atoms with Gasteiger partial charge < -0.3 is 13.7 Å². The molecule has 0 radical (unpaired) electrons. The summed E-state index contributed by atoms with van der Waals surface area (Å²) in [5, 5.41) is 10.7. The molecule has 0 fully saturated rings. The molecule has 1 heterocycles. The van der Waals surface area contributed by atoms with E-state index in [9.17, 15) is 23.1 Å². The van der Waals surface area contributed by atoms with Gasteiger partial charge in [-0.3, -0.25) is 14.1 Å². The van der Waals surface area contributed by atoms with Crippen LogP contribution in [0.4, 0.5) is 0 Å². The first-order valence-electron chi connectivity index (χ1n) is 8.77. The van der Waals surface area contributed by atoms with Crippen molar-refractivity contribution >= 4 is 32.7 Å². The molecule has 0 bridgehead atoms. The van der Waals surface area contributed by atoms with Gasteiger partial charge in [-0.15, -0.1) is 0 Å². The molecule has 0 saturated heterocycles. The number of carbonyl (C=O) groups excluding carboxylic acids is 2. The Kier molecular flexibility index (Phi) is 4.68. The summed E-state index contributed by atoms with van der Waals surface area (Å²) in [5.41, 5.74) is 1.05. The van der Waals surface area contributed by atoms with Gasteiger partial charge in [-0.1, -0.05) is 6.92 Å². The minimum absolute atomic E-state index is 0.